The molecule has 0 aliphatic rings. The van der Waals surface area contributed by atoms with Gasteiger partial charge in [0.05, 0.1) is 10.9 Å². The molecule has 2 N–H and O–H groups in total. The van der Waals surface area contributed by atoms with Gasteiger partial charge < -0.3 is 0 Å². The molecule has 1 aromatic heterocycles. The number of halogens is 1. The number of aromatic amines is 1. The largest absolute Gasteiger partial charge is 0.296 e. The third-order valence-corrected chi connectivity index (χ3v) is 3.48. The molecule has 0 spiro atoms. The summed E-state index contributed by atoms with van der Waals surface area (Å²) in [5, 5.41) is 3.81. The molecule has 0 unspecified atom stereocenters. The first-order valence-electron chi connectivity index (χ1n) is 6.21. The summed E-state index contributed by atoms with van der Waals surface area (Å²) < 4.78 is 0. The quantitative estimate of drug-likeness (QED) is 0.827. The van der Waals surface area contributed by atoms with Crippen molar-refractivity contribution in [1.82, 2.24) is 9.97 Å². The molecular weight excluding hydrogens is 322 g/mol. The number of hydrogen-bond acceptors (Lipinski definition) is 3. The van der Waals surface area contributed by atoms with Gasteiger partial charge in [-0.3, -0.25) is 19.9 Å². The summed E-state index contributed by atoms with van der Waals surface area (Å²) in [5.41, 5.74) is 0.744. The van der Waals surface area contributed by atoms with Gasteiger partial charge in [-0.1, -0.05) is 42.8 Å². The van der Waals surface area contributed by atoms with E-state index in [9.17, 15) is 9.59 Å². The van der Waals surface area contributed by atoms with Crippen molar-refractivity contribution in [2.45, 2.75) is 26.1 Å². The maximum absolute atomic E-state index is 12.0. The molecule has 0 radical (unpaired) electrons. The smallest absolute Gasteiger partial charge is 0.260 e. The third kappa shape index (κ3) is 3.07. The Bertz CT molecular complexity index is 716. The lowest BCUT2D eigenvalue weighted by atomic mass is 9.96. The summed E-state index contributed by atoms with van der Waals surface area (Å²) >= 11 is 3.35. The predicted molar refractivity (Wildman–Crippen MR) is 83.1 cm³/mol. The summed E-state index contributed by atoms with van der Waals surface area (Å²) in [6.45, 7) is 5.39. The lowest BCUT2D eigenvalue weighted by Gasteiger charge is -2.16. The van der Waals surface area contributed by atoms with Gasteiger partial charge in [-0.05, 0) is 17.7 Å². The molecule has 20 heavy (non-hydrogen) atoms. The SMILES string of the molecule is CC(C)(C)C(=O)Nc1nc2ccc(CBr)cc2c(=O)[nH]1. The number of nitrogens with one attached hydrogen (secondary N) is 2. The van der Waals surface area contributed by atoms with E-state index in [2.05, 4.69) is 31.2 Å². The molecule has 0 saturated heterocycles. The Kier molecular flexibility index (Phi) is 3.94. The maximum Gasteiger partial charge on any atom is 0.260 e. The number of H-pyrrole nitrogens is 1. The number of carbonyl (C=O) groups excluding carboxylic acids is 1. The van der Waals surface area contributed by atoms with E-state index >= 15 is 0 Å². The van der Waals surface area contributed by atoms with Crippen LogP contribution in [0.1, 0.15) is 26.3 Å². The van der Waals surface area contributed by atoms with Crippen molar-refractivity contribution in [3.8, 4) is 0 Å². The van der Waals surface area contributed by atoms with Crippen molar-refractivity contribution in [3.05, 3.63) is 34.1 Å². The molecule has 0 aliphatic heterocycles. The zero-order chi connectivity index (χ0) is 14.9. The molecule has 0 atom stereocenters. The highest BCUT2D eigenvalue weighted by atomic mass is 79.9. The Labute approximate surface area is 124 Å². The first kappa shape index (κ1) is 14.7. The van der Waals surface area contributed by atoms with E-state index in [1.54, 1.807) is 32.9 Å². The van der Waals surface area contributed by atoms with Crippen LogP contribution in [0.15, 0.2) is 23.0 Å². The Morgan fingerprint density at radius 2 is 2.10 bits per heavy atom. The number of anilines is 1. The number of fused-ring (bicyclic) bond motifs is 1. The minimum Gasteiger partial charge on any atom is -0.296 e. The van der Waals surface area contributed by atoms with Crippen molar-refractivity contribution in [2.75, 3.05) is 5.32 Å². The lowest BCUT2D eigenvalue weighted by Crippen LogP contribution is -2.29. The van der Waals surface area contributed by atoms with Crippen LogP contribution in [0.3, 0.4) is 0 Å². The predicted octanol–water partition coefficient (Wildman–Crippen LogP) is 2.80. The number of amides is 1. The van der Waals surface area contributed by atoms with Gasteiger partial charge in [0, 0.05) is 10.7 Å². The fourth-order valence-electron chi connectivity index (χ4n) is 1.62. The fourth-order valence-corrected chi connectivity index (χ4v) is 1.97. The molecule has 0 saturated carbocycles. The monoisotopic (exact) mass is 337 g/mol. The zero-order valence-electron chi connectivity index (χ0n) is 11.6. The third-order valence-electron chi connectivity index (χ3n) is 2.84. The van der Waals surface area contributed by atoms with Gasteiger partial charge in [0.25, 0.3) is 5.56 Å². The topological polar surface area (TPSA) is 74.8 Å². The van der Waals surface area contributed by atoms with Crippen LogP contribution in [0.4, 0.5) is 5.95 Å². The number of alkyl halides is 1. The summed E-state index contributed by atoms with van der Waals surface area (Å²) in [6, 6.07) is 5.44. The van der Waals surface area contributed by atoms with E-state index in [-0.39, 0.29) is 17.4 Å². The molecule has 2 rings (SSSR count). The Balaban J connectivity index is 2.44. The van der Waals surface area contributed by atoms with Crippen molar-refractivity contribution in [1.29, 1.82) is 0 Å². The molecule has 0 fully saturated rings. The summed E-state index contributed by atoms with van der Waals surface area (Å²) in [7, 11) is 0. The van der Waals surface area contributed by atoms with Crippen LogP contribution in [-0.4, -0.2) is 15.9 Å². The zero-order valence-corrected chi connectivity index (χ0v) is 13.2. The molecule has 0 bridgehead atoms. The number of nitrogens with zero attached hydrogens (tertiary/aromatic N) is 1. The standard InChI is InChI=1S/C14H16BrN3O2/c1-14(2,3)12(20)18-13-16-10-5-4-8(7-15)6-9(10)11(19)17-13/h4-6H,7H2,1-3H3,(H2,16,17,18,19,20). The molecular formula is C14H16BrN3O2. The lowest BCUT2D eigenvalue weighted by molar-refractivity contribution is -0.123. The molecule has 1 aromatic carbocycles. The van der Waals surface area contributed by atoms with Gasteiger partial charge in [-0.2, -0.15) is 0 Å². The highest BCUT2D eigenvalue weighted by molar-refractivity contribution is 9.08. The second-order valence-electron chi connectivity index (χ2n) is 5.60. The number of hydrogen-bond donors (Lipinski definition) is 2. The highest BCUT2D eigenvalue weighted by Crippen LogP contribution is 2.17. The van der Waals surface area contributed by atoms with Gasteiger partial charge in [0.1, 0.15) is 0 Å². The molecule has 1 amide bonds. The number of aromatic nitrogens is 2. The molecule has 0 aliphatic carbocycles. The minimum absolute atomic E-state index is 0.175. The Morgan fingerprint density at radius 1 is 1.40 bits per heavy atom. The van der Waals surface area contributed by atoms with Crippen LogP contribution < -0.4 is 10.9 Å². The van der Waals surface area contributed by atoms with Gasteiger partial charge in [0.15, 0.2) is 0 Å². The number of carbonyl (C=O) groups is 1. The van der Waals surface area contributed by atoms with Crippen molar-refractivity contribution < 1.29 is 4.79 Å². The summed E-state index contributed by atoms with van der Waals surface area (Å²) in [5.74, 6) is -0.0221. The van der Waals surface area contributed by atoms with Gasteiger partial charge >= 0.3 is 0 Å². The second kappa shape index (κ2) is 5.36. The molecule has 1 heterocycles. The molecule has 6 heteroatoms. The minimum atomic E-state index is -0.548. The first-order chi connectivity index (χ1) is 9.31. The van der Waals surface area contributed by atoms with Crippen LogP contribution in [-0.2, 0) is 10.1 Å². The average Bonchev–Trinajstić information content (AvgIpc) is 2.37. The van der Waals surface area contributed by atoms with E-state index < -0.39 is 5.41 Å². The average molecular weight is 338 g/mol. The van der Waals surface area contributed by atoms with Gasteiger partial charge in [-0.15, -0.1) is 0 Å². The summed E-state index contributed by atoms with van der Waals surface area (Å²) in [4.78, 5) is 30.8. The highest BCUT2D eigenvalue weighted by Gasteiger charge is 2.22. The van der Waals surface area contributed by atoms with Crippen LogP contribution in [0.5, 0.6) is 0 Å². The second-order valence-corrected chi connectivity index (χ2v) is 6.16. The van der Waals surface area contributed by atoms with E-state index in [1.165, 1.54) is 0 Å². The number of rotatable bonds is 2. The number of benzene rings is 1. The molecule has 2 aromatic rings. The van der Waals surface area contributed by atoms with Crippen LogP contribution in [0.2, 0.25) is 0 Å². The van der Waals surface area contributed by atoms with Crippen molar-refractivity contribution in [3.63, 3.8) is 0 Å². The van der Waals surface area contributed by atoms with E-state index in [0.29, 0.717) is 16.2 Å². The van der Waals surface area contributed by atoms with Crippen molar-refractivity contribution >= 4 is 38.7 Å². The van der Waals surface area contributed by atoms with Crippen LogP contribution in [0.25, 0.3) is 10.9 Å². The normalized spacial score (nSPS) is 11.6. The fraction of sp³-hybridized carbons (Fsp3) is 0.357. The van der Waals surface area contributed by atoms with E-state index in [1.807, 2.05) is 6.07 Å². The van der Waals surface area contributed by atoms with Crippen molar-refractivity contribution in [2.24, 2.45) is 5.41 Å². The Morgan fingerprint density at radius 3 is 2.70 bits per heavy atom. The van der Waals surface area contributed by atoms with Crippen LogP contribution >= 0.6 is 15.9 Å². The first-order valence-corrected chi connectivity index (χ1v) is 7.34. The van der Waals surface area contributed by atoms with E-state index in [0.717, 1.165) is 5.56 Å². The van der Waals surface area contributed by atoms with Gasteiger partial charge in [0.2, 0.25) is 11.9 Å². The maximum atomic E-state index is 12.0. The summed E-state index contributed by atoms with van der Waals surface area (Å²) in [6.07, 6.45) is 0. The van der Waals surface area contributed by atoms with E-state index in [4.69, 9.17) is 0 Å². The Hall–Kier alpha value is -1.69. The molecule has 106 valence electrons. The molecule has 5 nitrogen and oxygen atoms in total. The van der Waals surface area contributed by atoms with Crippen LogP contribution in [0, 0.1) is 5.41 Å². The van der Waals surface area contributed by atoms with Gasteiger partial charge in [-0.25, -0.2) is 4.98 Å².